The quantitative estimate of drug-likeness (QED) is 0.419. The predicted molar refractivity (Wildman–Crippen MR) is 127 cm³/mol. The topological polar surface area (TPSA) is 116 Å². The third-order valence-corrected chi connectivity index (χ3v) is 5.71. The van der Waals surface area contributed by atoms with Crippen LogP contribution in [0.2, 0.25) is 5.02 Å². The number of halogens is 1. The molecular formula is C26H18ClN2O6-. The van der Waals surface area contributed by atoms with Crippen LogP contribution in [0.4, 0.5) is 10.5 Å². The van der Waals surface area contributed by atoms with Crippen molar-refractivity contribution in [1.82, 2.24) is 5.32 Å². The van der Waals surface area contributed by atoms with E-state index in [9.17, 15) is 24.3 Å². The maximum absolute atomic E-state index is 13.0. The van der Waals surface area contributed by atoms with Crippen LogP contribution in [0, 0.1) is 6.92 Å². The molecule has 0 radical (unpaired) electrons. The standard InChI is InChI=1S/C26H19ClN2O6/c1-15-2-9-19(13-22(15)27)29-24(31)21(23(30)28-26(29)34)12-16-5-10-20(11-6-16)35-14-17-3-7-18(8-4-17)25(32)33/h2-13H,14H2,1H3,(H,32,33)(H,28,30,34)/p-1/b21-12-. The maximum atomic E-state index is 13.0. The Morgan fingerprint density at radius 1 is 1.03 bits per heavy atom. The number of aryl methyl sites for hydroxylation is 1. The molecule has 35 heavy (non-hydrogen) atoms. The molecule has 0 saturated carbocycles. The number of benzene rings is 3. The minimum absolute atomic E-state index is 0.0816. The van der Waals surface area contributed by atoms with Gasteiger partial charge >= 0.3 is 6.03 Å². The number of rotatable bonds is 6. The number of carboxylic acids is 1. The highest BCUT2D eigenvalue weighted by Gasteiger charge is 2.36. The Labute approximate surface area is 205 Å². The number of aromatic carboxylic acids is 1. The maximum Gasteiger partial charge on any atom is 0.335 e. The molecule has 1 aliphatic rings. The SMILES string of the molecule is Cc1ccc(N2C(=O)NC(=O)/C(=C/c3ccc(OCc4ccc(C(=O)[O-])cc4)cc3)C2=O)cc1Cl. The Hall–Kier alpha value is -4.43. The van der Waals surface area contributed by atoms with E-state index in [-0.39, 0.29) is 23.4 Å². The van der Waals surface area contributed by atoms with Crippen molar-refractivity contribution >= 4 is 47.2 Å². The molecule has 176 valence electrons. The average Bonchev–Trinajstić information content (AvgIpc) is 2.83. The molecule has 0 spiro atoms. The van der Waals surface area contributed by atoms with Crippen molar-refractivity contribution in [2.45, 2.75) is 13.5 Å². The smallest absolute Gasteiger partial charge is 0.335 e. The van der Waals surface area contributed by atoms with Crippen LogP contribution in [0.15, 0.2) is 72.3 Å². The van der Waals surface area contributed by atoms with Crippen LogP contribution in [0.3, 0.4) is 0 Å². The first-order valence-electron chi connectivity index (χ1n) is 10.4. The molecule has 3 aromatic carbocycles. The number of nitrogens with one attached hydrogen (secondary N) is 1. The molecular weight excluding hydrogens is 472 g/mol. The van der Waals surface area contributed by atoms with Crippen LogP contribution < -0.4 is 20.1 Å². The summed E-state index contributed by atoms with van der Waals surface area (Å²) in [4.78, 5) is 49.4. The summed E-state index contributed by atoms with van der Waals surface area (Å²) in [7, 11) is 0. The summed E-state index contributed by atoms with van der Waals surface area (Å²) in [5.74, 6) is -2.28. The highest BCUT2D eigenvalue weighted by molar-refractivity contribution is 6.39. The number of anilines is 1. The lowest BCUT2D eigenvalue weighted by Crippen LogP contribution is -2.54. The highest BCUT2D eigenvalue weighted by atomic mass is 35.5. The summed E-state index contributed by atoms with van der Waals surface area (Å²) < 4.78 is 5.69. The monoisotopic (exact) mass is 489 g/mol. The molecule has 9 heteroatoms. The number of carboxylic acid groups (broad SMARTS) is 1. The summed E-state index contributed by atoms with van der Waals surface area (Å²) >= 11 is 6.13. The van der Waals surface area contributed by atoms with Gasteiger partial charge in [-0.3, -0.25) is 14.9 Å². The number of hydrogen-bond donors (Lipinski definition) is 1. The van der Waals surface area contributed by atoms with Gasteiger partial charge in [0.05, 0.1) is 11.7 Å². The lowest BCUT2D eigenvalue weighted by atomic mass is 10.1. The van der Waals surface area contributed by atoms with E-state index >= 15 is 0 Å². The third kappa shape index (κ3) is 5.23. The van der Waals surface area contributed by atoms with E-state index in [1.165, 1.54) is 24.3 Å². The number of ether oxygens (including phenoxy) is 1. The van der Waals surface area contributed by atoms with Gasteiger partial charge in [0.1, 0.15) is 17.9 Å². The second-order valence-corrected chi connectivity index (χ2v) is 8.14. The van der Waals surface area contributed by atoms with Crippen molar-refractivity contribution in [1.29, 1.82) is 0 Å². The molecule has 4 amide bonds. The van der Waals surface area contributed by atoms with Crippen molar-refractivity contribution in [3.8, 4) is 5.75 Å². The van der Waals surface area contributed by atoms with Gasteiger partial charge in [-0.25, -0.2) is 9.69 Å². The molecule has 1 N–H and O–H groups in total. The van der Waals surface area contributed by atoms with Gasteiger partial charge in [-0.1, -0.05) is 54.1 Å². The summed E-state index contributed by atoms with van der Waals surface area (Å²) in [6, 6.07) is 16.7. The van der Waals surface area contributed by atoms with Crippen molar-refractivity contribution in [2.75, 3.05) is 4.90 Å². The normalized spacial score (nSPS) is 14.7. The van der Waals surface area contributed by atoms with E-state index in [1.807, 2.05) is 0 Å². The van der Waals surface area contributed by atoms with Crippen molar-refractivity contribution in [2.24, 2.45) is 0 Å². The Morgan fingerprint density at radius 2 is 1.71 bits per heavy atom. The Balaban J connectivity index is 1.49. The molecule has 0 aliphatic carbocycles. The molecule has 0 unspecified atom stereocenters. The number of barbiturate groups is 1. The molecule has 1 aliphatic heterocycles. The molecule has 1 saturated heterocycles. The van der Waals surface area contributed by atoms with E-state index < -0.39 is 23.8 Å². The van der Waals surface area contributed by atoms with Gasteiger partial charge in [-0.05, 0) is 59.5 Å². The van der Waals surface area contributed by atoms with Crippen molar-refractivity contribution in [3.63, 3.8) is 0 Å². The van der Waals surface area contributed by atoms with Crippen LogP contribution in [0.1, 0.15) is 27.0 Å². The Morgan fingerprint density at radius 3 is 2.34 bits per heavy atom. The number of imide groups is 2. The van der Waals surface area contributed by atoms with E-state index in [2.05, 4.69) is 5.32 Å². The molecule has 3 aromatic rings. The fourth-order valence-electron chi connectivity index (χ4n) is 3.34. The third-order valence-electron chi connectivity index (χ3n) is 5.30. The zero-order valence-electron chi connectivity index (χ0n) is 18.4. The van der Waals surface area contributed by atoms with Gasteiger partial charge in [0, 0.05) is 5.02 Å². The molecule has 4 rings (SSSR count). The van der Waals surface area contributed by atoms with Crippen molar-refractivity contribution in [3.05, 3.63) is 99.6 Å². The lowest BCUT2D eigenvalue weighted by molar-refractivity contribution is -0.255. The van der Waals surface area contributed by atoms with Crippen LogP contribution >= 0.6 is 11.6 Å². The number of carbonyl (C=O) groups is 4. The van der Waals surface area contributed by atoms with Gasteiger partial charge in [-0.15, -0.1) is 0 Å². The molecule has 0 aromatic heterocycles. The van der Waals surface area contributed by atoms with Gasteiger partial charge in [0.25, 0.3) is 11.8 Å². The van der Waals surface area contributed by atoms with Crippen LogP contribution in [-0.4, -0.2) is 23.8 Å². The first-order chi connectivity index (χ1) is 16.7. The van der Waals surface area contributed by atoms with E-state index in [0.717, 1.165) is 16.0 Å². The Kier molecular flexibility index (Phi) is 6.66. The highest BCUT2D eigenvalue weighted by Crippen LogP contribution is 2.27. The van der Waals surface area contributed by atoms with Crippen LogP contribution in [-0.2, 0) is 16.2 Å². The molecule has 0 bridgehead atoms. The minimum atomic E-state index is -1.25. The molecule has 1 fully saturated rings. The van der Waals surface area contributed by atoms with Crippen molar-refractivity contribution < 1.29 is 29.0 Å². The average molecular weight is 490 g/mol. The van der Waals surface area contributed by atoms with Gasteiger partial charge < -0.3 is 14.6 Å². The summed E-state index contributed by atoms with van der Waals surface area (Å²) in [6.07, 6.45) is 1.38. The van der Waals surface area contributed by atoms with Gasteiger partial charge in [0.15, 0.2) is 0 Å². The zero-order valence-corrected chi connectivity index (χ0v) is 19.2. The largest absolute Gasteiger partial charge is 0.545 e. The second-order valence-electron chi connectivity index (χ2n) is 7.73. The number of amides is 4. The number of carbonyl (C=O) groups excluding carboxylic acids is 4. The molecule has 1 heterocycles. The molecule has 8 nitrogen and oxygen atoms in total. The fourth-order valence-corrected chi connectivity index (χ4v) is 3.52. The number of urea groups is 1. The second kappa shape index (κ2) is 9.82. The van der Waals surface area contributed by atoms with E-state index in [4.69, 9.17) is 16.3 Å². The van der Waals surface area contributed by atoms with Gasteiger partial charge in [0.2, 0.25) is 0 Å². The minimum Gasteiger partial charge on any atom is -0.545 e. The van der Waals surface area contributed by atoms with Crippen LogP contribution in [0.25, 0.3) is 6.08 Å². The summed E-state index contributed by atoms with van der Waals surface area (Å²) in [6.45, 7) is 2.00. The lowest BCUT2D eigenvalue weighted by Gasteiger charge is -2.26. The first-order valence-corrected chi connectivity index (χ1v) is 10.8. The zero-order chi connectivity index (χ0) is 25.1. The van der Waals surface area contributed by atoms with E-state index in [0.29, 0.717) is 16.3 Å². The van der Waals surface area contributed by atoms with Crippen LogP contribution in [0.5, 0.6) is 5.75 Å². The first kappa shape index (κ1) is 23.7. The number of nitrogens with zero attached hydrogens (tertiary/aromatic N) is 1. The summed E-state index contributed by atoms with van der Waals surface area (Å²) in [5.41, 5.74) is 2.22. The number of hydrogen-bond acceptors (Lipinski definition) is 6. The predicted octanol–water partition coefficient (Wildman–Crippen LogP) is 3.26. The summed E-state index contributed by atoms with van der Waals surface area (Å²) in [5, 5.41) is 13.4. The fraction of sp³-hybridized carbons (Fsp3) is 0.0769. The van der Waals surface area contributed by atoms with Gasteiger partial charge in [-0.2, -0.15) is 0 Å². The Bertz CT molecular complexity index is 1360. The van der Waals surface area contributed by atoms with E-state index in [1.54, 1.807) is 55.5 Å². The molecule has 0 atom stereocenters.